The first kappa shape index (κ1) is 23.4. The quantitative estimate of drug-likeness (QED) is 0.618. The maximum Gasteiger partial charge on any atom is 0.223 e. The van der Waals surface area contributed by atoms with Gasteiger partial charge in [-0.3, -0.25) is 15.6 Å². The van der Waals surface area contributed by atoms with Gasteiger partial charge in [0.05, 0.1) is 10.6 Å². The SMILES string of the molecule is Cc1ccc(S(=O)(=O)CCC(=O)N(C)CCCC2CC(c3ccc(F)cc3)NN2)cc1. The van der Waals surface area contributed by atoms with Gasteiger partial charge in [0.15, 0.2) is 9.84 Å². The van der Waals surface area contributed by atoms with E-state index >= 15 is 0 Å². The van der Waals surface area contributed by atoms with Gasteiger partial charge in [0.1, 0.15) is 5.82 Å². The molecule has 2 N–H and O–H groups in total. The van der Waals surface area contributed by atoms with E-state index in [1.807, 2.05) is 6.92 Å². The zero-order valence-electron chi connectivity index (χ0n) is 18.0. The summed E-state index contributed by atoms with van der Waals surface area (Å²) >= 11 is 0. The van der Waals surface area contributed by atoms with Crippen LogP contribution < -0.4 is 10.9 Å². The monoisotopic (exact) mass is 447 g/mol. The zero-order valence-corrected chi connectivity index (χ0v) is 18.8. The van der Waals surface area contributed by atoms with Gasteiger partial charge in [-0.25, -0.2) is 12.8 Å². The lowest BCUT2D eigenvalue weighted by Gasteiger charge is -2.18. The molecule has 1 aliphatic heterocycles. The van der Waals surface area contributed by atoms with Crippen LogP contribution in [0.3, 0.4) is 0 Å². The Kier molecular flexibility index (Phi) is 7.80. The Morgan fingerprint density at radius 3 is 2.45 bits per heavy atom. The summed E-state index contributed by atoms with van der Waals surface area (Å²) in [5.74, 6) is -0.602. The number of sulfone groups is 1. The lowest BCUT2D eigenvalue weighted by Crippen LogP contribution is -2.33. The number of benzene rings is 2. The number of nitrogens with zero attached hydrogens (tertiary/aromatic N) is 1. The molecule has 31 heavy (non-hydrogen) atoms. The number of rotatable bonds is 9. The molecule has 0 radical (unpaired) electrons. The molecular formula is C23H30FN3O3S. The van der Waals surface area contributed by atoms with Gasteiger partial charge in [0.25, 0.3) is 0 Å². The van der Waals surface area contributed by atoms with Gasteiger partial charge in [0.2, 0.25) is 5.91 Å². The van der Waals surface area contributed by atoms with Crippen molar-refractivity contribution >= 4 is 15.7 Å². The molecule has 1 heterocycles. The number of hydrogen-bond acceptors (Lipinski definition) is 5. The standard InChI is InChI=1S/C23H30FN3O3S/c1-17-5-11-21(12-6-17)31(29,30)15-13-23(28)27(2)14-3-4-20-16-22(26-25-20)18-7-9-19(24)10-8-18/h5-12,20,22,25-26H,3-4,13-16H2,1-2H3. The molecule has 0 saturated carbocycles. The Balaban J connectivity index is 1.38. The van der Waals surface area contributed by atoms with Crippen molar-refractivity contribution in [1.82, 2.24) is 15.8 Å². The number of aryl methyl sites for hydroxylation is 1. The molecule has 0 bridgehead atoms. The van der Waals surface area contributed by atoms with Crippen LogP contribution >= 0.6 is 0 Å². The molecule has 2 aromatic carbocycles. The number of hydrogen-bond donors (Lipinski definition) is 2. The summed E-state index contributed by atoms with van der Waals surface area (Å²) in [5.41, 5.74) is 8.53. The van der Waals surface area contributed by atoms with Crippen LogP contribution in [0.2, 0.25) is 0 Å². The van der Waals surface area contributed by atoms with Gasteiger partial charge in [-0.2, -0.15) is 0 Å². The highest BCUT2D eigenvalue weighted by molar-refractivity contribution is 7.91. The first-order chi connectivity index (χ1) is 14.7. The van der Waals surface area contributed by atoms with Gasteiger partial charge in [-0.15, -0.1) is 0 Å². The molecule has 0 spiro atoms. The van der Waals surface area contributed by atoms with Gasteiger partial charge in [0, 0.05) is 32.1 Å². The van der Waals surface area contributed by atoms with Gasteiger partial charge >= 0.3 is 0 Å². The molecule has 1 aliphatic rings. The molecule has 2 atom stereocenters. The highest BCUT2D eigenvalue weighted by Crippen LogP contribution is 2.24. The Hall–Kier alpha value is -2.29. The van der Waals surface area contributed by atoms with Gasteiger partial charge < -0.3 is 4.90 Å². The molecular weight excluding hydrogens is 417 g/mol. The van der Waals surface area contributed by atoms with E-state index < -0.39 is 9.84 Å². The van der Waals surface area contributed by atoms with Crippen LogP contribution in [0.15, 0.2) is 53.4 Å². The molecule has 2 unspecified atom stereocenters. The van der Waals surface area contributed by atoms with Crippen molar-refractivity contribution in [2.75, 3.05) is 19.3 Å². The van der Waals surface area contributed by atoms with Crippen LogP contribution in [0.5, 0.6) is 0 Å². The summed E-state index contributed by atoms with van der Waals surface area (Å²) in [4.78, 5) is 14.2. The number of amides is 1. The van der Waals surface area contributed by atoms with Gasteiger partial charge in [-0.05, 0) is 56.0 Å². The molecule has 6 nitrogen and oxygen atoms in total. The maximum absolute atomic E-state index is 13.1. The van der Waals surface area contributed by atoms with Crippen molar-refractivity contribution in [1.29, 1.82) is 0 Å². The fourth-order valence-corrected chi connectivity index (χ4v) is 4.93. The van der Waals surface area contributed by atoms with E-state index in [9.17, 15) is 17.6 Å². The third-order valence-corrected chi connectivity index (χ3v) is 7.42. The molecule has 1 fully saturated rings. The minimum atomic E-state index is -3.46. The Bertz CT molecular complexity index is 978. The average Bonchev–Trinajstić information content (AvgIpc) is 3.21. The molecule has 8 heteroatoms. The number of carbonyl (C=O) groups is 1. The number of nitrogens with one attached hydrogen (secondary N) is 2. The van der Waals surface area contributed by atoms with Crippen molar-refractivity contribution in [3.63, 3.8) is 0 Å². The highest BCUT2D eigenvalue weighted by atomic mass is 32.2. The third kappa shape index (κ3) is 6.59. The van der Waals surface area contributed by atoms with Crippen molar-refractivity contribution in [3.05, 3.63) is 65.5 Å². The largest absolute Gasteiger partial charge is 0.346 e. The van der Waals surface area contributed by atoms with E-state index in [0.717, 1.165) is 30.4 Å². The van der Waals surface area contributed by atoms with Crippen molar-refractivity contribution < 1.29 is 17.6 Å². The summed E-state index contributed by atoms with van der Waals surface area (Å²) < 4.78 is 37.9. The molecule has 0 aliphatic carbocycles. The predicted octanol–water partition coefficient (Wildman–Crippen LogP) is 3.14. The minimum absolute atomic E-state index is 0.0252. The first-order valence-electron chi connectivity index (χ1n) is 10.5. The van der Waals surface area contributed by atoms with Crippen LogP contribution in [0.25, 0.3) is 0 Å². The summed E-state index contributed by atoms with van der Waals surface area (Å²) in [6, 6.07) is 13.6. The third-order valence-electron chi connectivity index (χ3n) is 5.69. The smallest absolute Gasteiger partial charge is 0.223 e. The molecule has 2 aromatic rings. The lowest BCUT2D eigenvalue weighted by molar-refractivity contribution is -0.129. The van der Waals surface area contributed by atoms with Crippen LogP contribution in [-0.2, 0) is 14.6 Å². The predicted molar refractivity (Wildman–Crippen MR) is 119 cm³/mol. The fourth-order valence-electron chi connectivity index (χ4n) is 3.70. The Labute approximate surface area is 183 Å². The topological polar surface area (TPSA) is 78.5 Å². The fraction of sp³-hybridized carbons (Fsp3) is 0.435. The van der Waals surface area contributed by atoms with Crippen LogP contribution in [0.1, 0.15) is 42.9 Å². The van der Waals surface area contributed by atoms with Crippen molar-refractivity contribution in [3.8, 4) is 0 Å². The van der Waals surface area contributed by atoms with E-state index in [0.29, 0.717) is 6.54 Å². The van der Waals surface area contributed by atoms with Crippen molar-refractivity contribution in [2.45, 2.75) is 49.6 Å². The zero-order chi connectivity index (χ0) is 22.4. The summed E-state index contributed by atoms with van der Waals surface area (Å²) in [6.07, 6.45) is 2.55. The molecule has 1 amide bonds. The van der Waals surface area contributed by atoms with Crippen LogP contribution in [-0.4, -0.2) is 44.6 Å². The first-order valence-corrected chi connectivity index (χ1v) is 12.2. The van der Waals surface area contributed by atoms with E-state index in [1.54, 1.807) is 48.3 Å². The summed E-state index contributed by atoms with van der Waals surface area (Å²) in [5, 5.41) is 0. The van der Waals surface area contributed by atoms with Crippen LogP contribution in [0.4, 0.5) is 4.39 Å². The second-order valence-corrected chi connectivity index (χ2v) is 10.3. The normalized spacial score (nSPS) is 18.8. The Morgan fingerprint density at radius 1 is 1.10 bits per heavy atom. The highest BCUT2D eigenvalue weighted by Gasteiger charge is 2.25. The minimum Gasteiger partial charge on any atom is -0.346 e. The van der Waals surface area contributed by atoms with Crippen molar-refractivity contribution in [2.24, 2.45) is 0 Å². The lowest BCUT2D eigenvalue weighted by atomic mass is 9.99. The van der Waals surface area contributed by atoms with E-state index in [1.165, 1.54) is 12.1 Å². The van der Waals surface area contributed by atoms with E-state index in [-0.39, 0.29) is 40.9 Å². The Morgan fingerprint density at radius 2 is 1.77 bits per heavy atom. The van der Waals surface area contributed by atoms with E-state index in [4.69, 9.17) is 0 Å². The molecule has 3 rings (SSSR count). The van der Waals surface area contributed by atoms with Crippen LogP contribution in [0, 0.1) is 12.7 Å². The molecule has 1 saturated heterocycles. The summed E-state index contributed by atoms with van der Waals surface area (Å²) in [7, 11) is -1.75. The number of hydrazine groups is 1. The molecule has 168 valence electrons. The maximum atomic E-state index is 13.1. The molecule has 0 aromatic heterocycles. The summed E-state index contributed by atoms with van der Waals surface area (Å²) in [6.45, 7) is 2.47. The second kappa shape index (κ2) is 10.3. The number of carbonyl (C=O) groups excluding carboxylic acids is 1. The average molecular weight is 448 g/mol. The van der Waals surface area contributed by atoms with Gasteiger partial charge in [-0.1, -0.05) is 29.8 Å². The second-order valence-electron chi connectivity index (χ2n) is 8.16. The van der Waals surface area contributed by atoms with E-state index in [2.05, 4.69) is 10.9 Å². The number of halogens is 1.